The van der Waals surface area contributed by atoms with Crippen LogP contribution in [0, 0.1) is 6.92 Å². The van der Waals surface area contributed by atoms with E-state index in [9.17, 15) is 14.7 Å². The molecular formula is C28H27N3O4. The predicted octanol–water partition coefficient (Wildman–Crippen LogP) is 4.72. The first-order chi connectivity index (χ1) is 16.9. The van der Waals surface area contributed by atoms with Crippen molar-refractivity contribution in [1.82, 2.24) is 13.7 Å². The molecule has 0 spiro atoms. The maximum atomic E-state index is 13.9. The summed E-state index contributed by atoms with van der Waals surface area (Å²) < 4.78 is 10.7. The van der Waals surface area contributed by atoms with Crippen LogP contribution in [0.4, 0.5) is 0 Å². The number of benzene rings is 3. The van der Waals surface area contributed by atoms with Crippen LogP contribution in [0.2, 0.25) is 0 Å². The fourth-order valence-corrected chi connectivity index (χ4v) is 5.06. The molecule has 0 unspecified atom stereocenters. The molecule has 178 valence electrons. The summed E-state index contributed by atoms with van der Waals surface area (Å²) in [6.07, 6.45) is 1.85. The highest BCUT2D eigenvalue weighted by Gasteiger charge is 2.25. The van der Waals surface area contributed by atoms with Gasteiger partial charge < -0.3 is 14.4 Å². The Morgan fingerprint density at radius 3 is 2.34 bits per heavy atom. The van der Waals surface area contributed by atoms with Crippen molar-refractivity contribution < 1.29 is 14.6 Å². The van der Waals surface area contributed by atoms with E-state index in [2.05, 4.69) is 29.8 Å². The smallest absolute Gasteiger partial charge is 0.330 e. The average Bonchev–Trinajstić information content (AvgIpc) is 3.32. The van der Waals surface area contributed by atoms with Gasteiger partial charge in [0.25, 0.3) is 0 Å². The number of fused-ring (bicyclic) bond motifs is 2. The number of hydrogen-bond donors (Lipinski definition) is 1. The van der Waals surface area contributed by atoms with Crippen LogP contribution in [0.25, 0.3) is 21.9 Å². The summed E-state index contributed by atoms with van der Waals surface area (Å²) in [5.41, 5.74) is 5.28. The molecule has 2 aromatic heterocycles. The summed E-state index contributed by atoms with van der Waals surface area (Å²) in [6, 6.07) is 20.3. The minimum atomic E-state index is -0.973. The van der Waals surface area contributed by atoms with Gasteiger partial charge in [-0.1, -0.05) is 36.4 Å². The molecule has 0 aliphatic heterocycles. The van der Waals surface area contributed by atoms with Gasteiger partial charge in [-0.2, -0.15) is 0 Å². The molecule has 5 aromatic rings. The summed E-state index contributed by atoms with van der Waals surface area (Å²) in [7, 11) is 3.58. The van der Waals surface area contributed by atoms with E-state index in [1.165, 1.54) is 0 Å². The van der Waals surface area contributed by atoms with E-state index in [0.717, 1.165) is 33.1 Å². The van der Waals surface area contributed by atoms with E-state index >= 15 is 0 Å². The zero-order valence-corrected chi connectivity index (χ0v) is 19.9. The van der Waals surface area contributed by atoms with E-state index in [-0.39, 0.29) is 12.1 Å². The van der Waals surface area contributed by atoms with Gasteiger partial charge in [0.1, 0.15) is 5.75 Å². The lowest BCUT2D eigenvalue weighted by Crippen LogP contribution is -2.29. The highest BCUT2D eigenvalue weighted by Crippen LogP contribution is 2.29. The highest BCUT2D eigenvalue weighted by molar-refractivity contribution is 5.87. The highest BCUT2D eigenvalue weighted by atomic mass is 16.5. The second-order valence-electron chi connectivity index (χ2n) is 8.85. The molecule has 0 aliphatic carbocycles. The van der Waals surface area contributed by atoms with Crippen molar-refractivity contribution in [3.8, 4) is 5.75 Å². The number of aromatic nitrogens is 3. The molecule has 0 aliphatic rings. The fraction of sp³-hybridized carbons (Fsp3) is 0.214. The van der Waals surface area contributed by atoms with Gasteiger partial charge in [-0.15, -0.1) is 0 Å². The van der Waals surface area contributed by atoms with Crippen LogP contribution < -0.4 is 10.4 Å². The van der Waals surface area contributed by atoms with Crippen molar-refractivity contribution in [1.29, 1.82) is 0 Å². The Hall–Kier alpha value is -4.26. The number of methoxy groups -OCH3 is 1. The minimum absolute atomic E-state index is 0.215. The van der Waals surface area contributed by atoms with Crippen LogP contribution in [0.5, 0.6) is 5.75 Å². The van der Waals surface area contributed by atoms with Gasteiger partial charge >= 0.3 is 11.7 Å². The lowest BCUT2D eigenvalue weighted by Gasteiger charge is -2.18. The summed E-state index contributed by atoms with van der Waals surface area (Å²) in [5, 5.41) is 10.8. The number of ether oxygens (including phenoxy) is 1. The molecule has 0 bridgehead atoms. The van der Waals surface area contributed by atoms with E-state index in [1.54, 1.807) is 28.4 Å². The summed E-state index contributed by atoms with van der Waals surface area (Å²) >= 11 is 0. The molecule has 0 fully saturated rings. The van der Waals surface area contributed by atoms with E-state index < -0.39 is 12.0 Å². The van der Waals surface area contributed by atoms with Crippen LogP contribution in [-0.4, -0.2) is 31.9 Å². The number of nitrogens with zero attached hydrogens (tertiary/aromatic N) is 3. The van der Waals surface area contributed by atoms with E-state index in [0.29, 0.717) is 17.8 Å². The number of carboxylic acid groups (broad SMARTS) is 1. The first-order valence-corrected chi connectivity index (χ1v) is 11.5. The van der Waals surface area contributed by atoms with E-state index in [1.807, 2.05) is 49.5 Å². The van der Waals surface area contributed by atoms with Crippen molar-refractivity contribution in [2.45, 2.75) is 25.9 Å². The molecule has 3 aromatic carbocycles. The second kappa shape index (κ2) is 8.83. The van der Waals surface area contributed by atoms with Crippen molar-refractivity contribution in [2.75, 3.05) is 7.11 Å². The van der Waals surface area contributed by atoms with Crippen LogP contribution in [0.1, 0.15) is 29.2 Å². The molecule has 35 heavy (non-hydrogen) atoms. The monoisotopic (exact) mass is 469 g/mol. The number of carboxylic acids is 1. The second-order valence-corrected chi connectivity index (χ2v) is 8.85. The van der Waals surface area contributed by atoms with Crippen LogP contribution >= 0.6 is 0 Å². The normalized spacial score (nSPS) is 12.3. The predicted molar refractivity (Wildman–Crippen MR) is 136 cm³/mol. The molecule has 2 heterocycles. The third kappa shape index (κ3) is 3.89. The Bertz CT molecular complexity index is 1610. The number of imidazole rings is 1. The Labute approximate surface area is 202 Å². The van der Waals surface area contributed by atoms with Crippen LogP contribution in [-0.2, 0) is 18.4 Å². The number of aliphatic carboxylic acids is 1. The van der Waals surface area contributed by atoms with Crippen molar-refractivity contribution in [3.05, 3.63) is 100 Å². The molecule has 0 saturated heterocycles. The van der Waals surface area contributed by atoms with E-state index in [4.69, 9.17) is 4.74 Å². The quantitative estimate of drug-likeness (QED) is 0.374. The van der Waals surface area contributed by atoms with Gasteiger partial charge in [-0.05, 0) is 53.9 Å². The Kier molecular flexibility index (Phi) is 5.68. The van der Waals surface area contributed by atoms with Gasteiger partial charge in [0.05, 0.1) is 37.2 Å². The van der Waals surface area contributed by atoms with Crippen LogP contribution in [0.15, 0.2) is 77.7 Å². The summed E-state index contributed by atoms with van der Waals surface area (Å²) in [5.74, 6) is -0.303. The standard InChI is InChI=1S/C28H27N3O4/c1-18-7-6-10-24-27(18)20(16-29(24)2)17-30-22-8-4-5-9-23(22)31(28(30)34)25(15-26(32)33)19-11-13-21(35-3)14-12-19/h4-14,16,25H,15,17H2,1-3H3,(H,32,33)/t25-/m1/s1. The Balaban J connectivity index is 1.70. The molecule has 1 N–H and O–H groups in total. The van der Waals surface area contributed by atoms with Crippen molar-refractivity contribution in [3.63, 3.8) is 0 Å². The zero-order valence-electron chi connectivity index (χ0n) is 19.9. The summed E-state index contributed by atoms with van der Waals surface area (Å²) in [4.78, 5) is 25.8. The van der Waals surface area contributed by atoms with Gasteiger partial charge in [0, 0.05) is 24.1 Å². The van der Waals surface area contributed by atoms with Crippen molar-refractivity contribution in [2.24, 2.45) is 7.05 Å². The van der Waals surface area contributed by atoms with Gasteiger partial charge in [0.2, 0.25) is 0 Å². The molecule has 1 atom stereocenters. The Morgan fingerprint density at radius 2 is 1.66 bits per heavy atom. The maximum absolute atomic E-state index is 13.9. The topological polar surface area (TPSA) is 78.4 Å². The zero-order chi connectivity index (χ0) is 24.7. The number of para-hydroxylation sites is 2. The van der Waals surface area contributed by atoms with Gasteiger partial charge in [0.15, 0.2) is 0 Å². The molecule has 0 radical (unpaired) electrons. The number of aryl methyl sites for hydroxylation is 2. The SMILES string of the molecule is COc1ccc([C@@H](CC(=O)O)n2c(=O)n(Cc3cn(C)c4cccc(C)c34)c3ccccc32)cc1. The molecule has 0 amide bonds. The largest absolute Gasteiger partial charge is 0.497 e. The van der Waals surface area contributed by atoms with Crippen LogP contribution in [0.3, 0.4) is 0 Å². The molecule has 7 nitrogen and oxygen atoms in total. The summed E-state index contributed by atoms with van der Waals surface area (Å²) in [6.45, 7) is 2.46. The maximum Gasteiger partial charge on any atom is 0.330 e. The molecular weight excluding hydrogens is 442 g/mol. The van der Waals surface area contributed by atoms with Gasteiger partial charge in [-0.3, -0.25) is 13.9 Å². The lowest BCUT2D eigenvalue weighted by atomic mass is 10.0. The average molecular weight is 470 g/mol. The minimum Gasteiger partial charge on any atom is -0.497 e. The number of rotatable bonds is 7. The molecule has 5 rings (SSSR count). The fourth-order valence-electron chi connectivity index (χ4n) is 5.06. The Morgan fingerprint density at radius 1 is 0.971 bits per heavy atom. The van der Waals surface area contributed by atoms with Crippen molar-refractivity contribution >= 4 is 27.9 Å². The first kappa shape index (κ1) is 22.5. The number of carbonyl (C=O) groups is 1. The molecule has 0 saturated carbocycles. The first-order valence-electron chi connectivity index (χ1n) is 11.5. The third-order valence-electron chi connectivity index (χ3n) is 6.68. The molecule has 7 heteroatoms. The number of hydrogen-bond acceptors (Lipinski definition) is 3. The lowest BCUT2D eigenvalue weighted by molar-refractivity contribution is -0.137. The third-order valence-corrected chi connectivity index (χ3v) is 6.68. The van der Waals surface area contributed by atoms with Gasteiger partial charge in [-0.25, -0.2) is 4.79 Å².